The van der Waals surface area contributed by atoms with Crippen LogP contribution in [-0.2, 0) is 0 Å². The highest BCUT2D eigenvalue weighted by atomic mass is 35.5. The van der Waals surface area contributed by atoms with Gasteiger partial charge in [0.25, 0.3) is 0 Å². The molecule has 7 nitrogen and oxygen atoms in total. The van der Waals surface area contributed by atoms with E-state index in [1.54, 1.807) is 24.3 Å². The predicted molar refractivity (Wildman–Crippen MR) is 134 cm³/mol. The van der Waals surface area contributed by atoms with E-state index in [1.807, 2.05) is 36.6 Å². The second-order valence-corrected chi connectivity index (χ2v) is 9.35. The first-order valence-electron chi connectivity index (χ1n) is 10.9. The van der Waals surface area contributed by atoms with Crippen molar-refractivity contribution < 1.29 is 9.59 Å². The van der Waals surface area contributed by atoms with Crippen LogP contribution < -0.4 is 21.1 Å². The van der Waals surface area contributed by atoms with E-state index in [9.17, 15) is 9.59 Å². The molecule has 0 aliphatic heterocycles. The summed E-state index contributed by atoms with van der Waals surface area (Å²) in [7, 11) is 0. The smallest absolute Gasteiger partial charge is 0.334 e. The molecule has 3 aromatic rings. The number of carbonyl (C=O) groups excluding carboxylic acids is 2. The Bertz CT molecular complexity index is 1090. The van der Waals surface area contributed by atoms with Gasteiger partial charge in [-0.15, -0.1) is 11.3 Å². The minimum absolute atomic E-state index is 0.111. The molecule has 4 rings (SSSR count). The molecule has 33 heavy (non-hydrogen) atoms. The Kier molecular flexibility index (Phi) is 7.47. The van der Waals surface area contributed by atoms with Gasteiger partial charge in [0, 0.05) is 27.7 Å². The number of aryl methyl sites for hydroxylation is 1. The second kappa shape index (κ2) is 10.7. The largest absolute Gasteiger partial charge is 0.347 e. The molecule has 1 saturated carbocycles. The zero-order chi connectivity index (χ0) is 23.2. The van der Waals surface area contributed by atoms with E-state index in [1.165, 1.54) is 17.8 Å². The number of hydrogen-bond acceptors (Lipinski definition) is 4. The summed E-state index contributed by atoms with van der Waals surface area (Å²) in [5.74, 6) is 0. The summed E-state index contributed by atoms with van der Waals surface area (Å²) >= 11 is 7.22. The Hall–Kier alpha value is -3.10. The highest BCUT2D eigenvalue weighted by Crippen LogP contribution is 2.28. The minimum Gasteiger partial charge on any atom is -0.334 e. The number of hydrogen-bond donors (Lipinski definition) is 3. The number of urea groups is 2. The lowest BCUT2D eigenvalue weighted by Crippen LogP contribution is -2.54. The van der Waals surface area contributed by atoms with E-state index < -0.39 is 12.1 Å². The summed E-state index contributed by atoms with van der Waals surface area (Å²) < 4.78 is 0. The van der Waals surface area contributed by atoms with E-state index in [-0.39, 0.29) is 6.04 Å². The quantitative estimate of drug-likeness (QED) is 0.377. The Morgan fingerprint density at radius 1 is 1.03 bits per heavy atom. The van der Waals surface area contributed by atoms with Crippen molar-refractivity contribution in [3.8, 4) is 11.3 Å². The molecular weight excluding hydrogens is 458 g/mol. The van der Waals surface area contributed by atoms with Crippen LogP contribution in [0, 0.1) is 6.92 Å². The highest BCUT2D eigenvalue weighted by Gasteiger charge is 2.24. The van der Waals surface area contributed by atoms with E-state index >= 15 is 0 Å². The van der Waals surface area contributed by atoms with Gasteiger partial charge in [-0.05, 0) is 44.0 Å². The molecule has 4 amide bonds. The fourth-order valence-electron chi connectivity index (χ4n) is 3.69. The molecule has 3 N–H and O–H groups in total. The molecular formula is C24H26ClN5O2S. The van der Waals surface area contributed by atoms with Crippen LogP contribution in [0.1, 0.15) is 37.7 Å². The fraction of sp³-hybridized carbons (Fsp3) is 0.292. The minimum atomic E-state index is -0.527. The number of nitrogens with zero attached hydrogens (tertiary/aromatic N) is 2. The lowest BCUT2D eigenvalue weighted by Gasteiger charge is -2.26. The summed E-state index contributed by atoms with van der Waals surface area (Å²) in [6.07, 6.45) is 5.27. The average Bonchev–Trinajstić information content (AvgIpc) is 3.30. The normalized spacial score (nSPS) is 13.9. The lowest BCUT2D eigenvalue weighted by atomic mass is 9.96. The molecule has 1 aliphatic carbocycles. The van der Waals surface area contributed by atoms with E-state index in [0.717, 1.165) is 47.5 Å². The maximum atomic E-state index is 13.1. The van der Waals surface area contributed by atoms with Gasteiger partial charge < -0.3 is 10.6 Å². The van der Waals surface area contributed by atoms with Crippen LogP contribution in [0.3, 0.4) is 0 Å². The summed E-state index contributed by atoms with van der Waals surface area (Å²) in [6.45, 7) is 2.02. The fourth-order valence-corrected chi connectivity index (χ4v) is 4.60. The number of nitrogens with one attached hydrogen (secondary N) is 3. The Morgan fingerprint density at radius 3 is 2.42 bits per heavy atom. The van der Waals surface area contributed by atoms with E-state index in [2.05, 4.69) is 21.0 Å². The maximum Gasteiger partial charge on any atom is 0.347 e. The van der Waals surface area contributed by atoms with Crippen LogP contribution in [-0.4, -0.2) is 23.1 Å². The summed E-state index contributed by atoms with van der Waals surface area (Å²) in [5, 5.41) is 9.70. The Labute approximate surface area is 202 Å². The van der Waals surface area contributed by atoms with E-state index in [0.29, 0.717) is 15.8 Å². The molecule has 172 valence electrons. The molecule has 1 aromatic heterocycles. The third kappa shape index (κ3) is 6.24. The number of anilines is 2. The molecule has 0 radical (unpaired) electrons. The Morgan fingerprint density at radius 2 is 1.73 bits per heavy atom. The van der Waals surface area contributed by atoms with Gasteiger partial charge in [0.15, 0.2) is 0 Å². The van der Waals surface area contributed by atoms with Crippen molar-refractivity contribution in [1.29, 1.82) is 0 Å². The van der Waals surface area contributed by atoms with Gasteiger partial charge in [0.05, 0.1) is 5.69 Å². The molecule has 0 atom stereocenters. The Balaban J connectivity index is 1.53. The van der Waals surface area contributed by atoms with Crippen molar-refractivity contribution in [3.63, 3.8) is 0 Å². The molecule has 1 aliphatic rings. The number of thiazole rings is 1. The van der Waals surface area contributed by atoms with Crippen LogP contribution in [0.4, 0.5) is 20.4 Å². The second-order valence-electron chi connectivity index (χ2n) is 8.07. The molecule has 2 aromatic carbocycles. The number of halogens is 1. The van der Waals surface area contributed by atoms with Crippen molar-refractivity contribution in [3.05, 3.63) is 64.5 Å². The molecule has 9 heteroatoms. The van der Waals surface area contributed by atoms with Gasteiger partial charge in [-0.2, -0.15) is 5.01 Å². The van der Waals surface area contributed by atoms with Crippen molar-refractivity contribution in [2.75, 3.05) is 10.3 Å². The first-order chi connectivity index (χ1) is 16.0. The number of benzene rings is 2. The summed E-state index contributed by atoms with van der Waals surface area (Å²) in [5.41, 5.74) is 6.05. The van der Waals surface area contributed by atoms with Crippen molar-refractivity contribution in [2.24, 2.45) is 0 Å². The van der Waals surface area contributed by atoms with Crippen LogP contribution >= 0.6 is 22.9 Å². The summed E-state index contributed by atoms with van der Waals surface area (Å²) in [4.78, 5) is 30.5. The van der Waals surface area contributed by atoms with E-state index in [4.69, 9.17) is 11.6 Å². The van der Waals surface area contributed by atoms with Crippen LogP contribution in [0.25, 0.3) is 11.3 Å². The van der Waals surface area contributed by atoms with Gasteiger partial charge in [0.1, 0.15) is 0 Å². The average molecular weight is 484 g/mol. The van der Waals surface area contributed by atoms with Crippen molar-refractivity contribution >= 4 is 45.8 Å². The third-order valence-electron chi connectivity index (χ3n) is 5.48. The standard InChI is InChI=1S/C24H26ClN5O2S/c1-16-7-9-17(10-8-16)21-15-33-24(28-21)30(23(32)27-20-13-11-18(25)12-14-20)29-22(31)26-19-5-3-2-4-6-19/h7-15,19H,2-6H2,1H3,(H,27,32)(H2,26,29,31). The summed E-state index contributed by atoms with van der Waals surface area (Å²) in [6, 6.07) is 13.9. The van der Waals surface area contributed by atoms with Crippen molar-refractivity contribution in [1.82, 2.24) is 15.7 Å². The zero-order valence-electron chi connectivity index (χ0n) is 18.3. The van der Waals surface area contributed by atoms with Gasteiger partial charge in [-0.3, -0.25) is 0 Å². The maximum absolute atomic E-state index is 13.1. The number of hydrazine groups is 1. The van der Waals surface area contributed by atoms with Crippen molar-refractivity contribution in [2.45, 2.75) is 45.1 Å². The number of carbonyl (C=O) groups is 2. The predicted octanol–water partition coefficient (Wildman–Crippen LogP) is 6.36. The van der Waals surface area contributed by atoms with Crippen LogP contribution in [0.5, 0.6) is 0 Å². The zero-order valence-corrected chi connectivity index (χ0v) is 19.9. The van der Waals surface area contributed by atoms with Gasteiger partial charge in [0.2, 0.25) is 5.13 Å². The first kappa shape index (κ1) is 23.1. The SMILES string of the molecule is Cc1ccc(-c2csc(N(NC(=O)NC3CCCCC3)C(=O)Nc3ccc(Cl)cc3)n2)cc1. The number of aromatic nitrogens is 1. The number of rotatable bonds is 4. The molecule has 0 bridgehead atoms. The van der Waals surface area contributed by atoms with Gasteiger partial charge in [-0.25, -0.2) is 20.0 Å². The molecule has 1 fully saturated rings. The van der Waals surface area contributed by atoms with Crippen LogP contribution in [0.2, 0.25) is 5.02 Å². The lowest BCUT2D eigenvalue weighted by molar-refractivity contribution is 0.228. The first-order valence-corrected chi connectivity index (χ1v) is 12.2. The number of amides is 4. The van der Waals surface area contributed by atoms with Gasteiger partial charge >= 0.3 is 12.1 Å². The third-order valence-corrected chi connectivity index (χ3v) is 6.56. The van der Waals surface area contributed by atoms with Crippen LogP contribution in [0.15, 0.2) is 53.9 Å². The van der Waals surface area contributed by atoms with Gasteiger partial charge in [-0.1, -0.05) is 60.7 Å². The molecule has 0 saturated heterocycles. The molecule has 0 spiro atoms. The topological polar surface area (TPSA) is 86.4 Å². The monoisotopic (exact) mass is 483 g/mol. The molecule has 1 heterocycles. The highest BCUT2D eigenvalue weighted by molar-refractivity contribution is 7.14. The molecule has 0 unspecified atom stereocenters.